The van der Waals surface area contributed by atoms with Crippen LogP contribution in [0.15, 0.2) is 59.5 Å². The second-order valence-corrected chi connectivity index (χ2v) is 10.3. The van der Waals surface area contributed by atoms with Crippen molar-refractivity contribution in [1.82, 2.24) is 10.0 Å². The topological polar surface area (TPSA) is 102 Å². The molecule has 33 heavy (non-hydrogen) atoms. The fourth-order valence-corrected chi connectivity index (χ4v) is 5.27. The maximum atomic E-state index is 13.9. The summed E-state index contributed by atoms with van der Waals surface area (Å²) in [7, 11) is -4.30. The van der Waals surface area contributed by atoms with Gasteiger partial charge < -0.3 is 10.1 Å². The van der Waals surface area contributed by atoms with E-state index in [2.05, 4.69) is 10.0 Å². The van der Waals surface area contributed by atoms with E-state index in [1.54, 1.807) is 13.8 Å². The molecular weight excluding hydrogens is 447 g/mol. The molecule has 0 aromatic heterocycles. The number of sulfonamides is 1. The van der Waals surface area contributed by atoms with Gasteiger partial charge in [0.1, 0.15) is 16.8 Å². The van der Waals surface area contributed by atoms with Crippen molar-refractivity contribution >= 4 is 21.9 Å². The fraction of sp³-hybridized carbons (Fsp3) is 0.417. The number of esters is 1. The fourth-order valence-electron chi connectivity index (χ4n) is 3.86. The van der Waals surface area contributed by atoms with Crippen molar-refractivity contribution in [2.75, 3.05) is 13.2 Å². The third-order valence-electron chi connectivity index (χ3n) is 6.00. The zero-order valence-corrected chi connectivity index (χ0v) is 19.5. The van der Waals surface area contributed by atoms with Crippen molar-refractivity contribution in [3.05, 3.63) is 66.0 Å². The Bertz CT molecular complexity index is 1090. The van der Waals surface area contributed by atoms with E-state index in [4.69, 9.17) is 4.74 Å². The number of hydrogen-bond acceptors (Lipinski definition) is 5. The van der Waals surface area contributed by atoms with Crippen LogP contribution >= 0.6 is 0 Å². The zero-order chi connectivity index (χ0) is 24.1. The molecule has 0 bridgehead atoms. The second kappa shape index (κ2) is 10.4. The van der Waals surface area contributed by atoms with Gasteiger partial charge in [0, 0.05) is 12.0 Å². The number of hydrogen-bond donors (Lipinski definition) is 2. The Kier molecular flexibility index (Phi) is 7.86. The van der Waals surface area contributed by atoms with Crippen molar-refractivity contribution in [3.63, 3.8) is 0 Å². The minimum atomic E-state index is -4.30. The Morgan fingerprint density at radius 3 is 2.27 bits per heavy atom. The maximum Gasteiger partial charge on any atom is 0.324 e. The molecule has 7 nitrogen and oxygen atoms in total. The molecule has 2 aromatic rings. The van der Waals surface area contributed by atoms with E-state index in [0.29, 0.717) is 6.54 Å². The van der Waals surface area contributed by atoms with Crippen LogP contribution in [0.3, 0.4) is 0 Å². The lowest BCUT2D eigenvalue weighted by atomic mass is 9.64. The zero-order valence-electron chi connectivity index (χ0n) is 18.7. The minimum Gasteiger partial charge on any atom is -0.454 e. The van der Waals surface area contributed by atoms with Crippen LogP contribution in [0.4, 0.5) is 4.39 Å². The summed E-state index contributed by atoms with van der Waals surface area (Å²) in [5.74, 6) is -2.78. The Hall–Kier alpha value is -2.78. The molecular formula is C24H29FN2O5S. The van der Waals surface area contributed by atoms with Gasteiger partial charge in [0.05, 0.1) is 0 Å². The van der Waals surface area contributed by atoms with E-state index in [0.717, 1.165) is 37.0 Å². The number of amides is 1. The van der Waals surface area contributed by atoms with Crippen LogP contribution in [-0.4, -0.2) is 39.5 Å². The lowest BCUT2D eigenvalue weighted by Crippen LogP contribution is -2.48. The highest BCUT2D eigenvalue weighted by atomic mass is 32.2. The predicted molar refractivity (Wildman–Crippen MR) is 121 cm³/mol. The third-order valence-corrected chi connectivity index (χ3v) is 7.47. The minimum absolute atomic E-state index is 0.114. The molecule has 3 rings (SSSR count). The van der Waals surface area contributed by atoms with E-state index in [1.165, 1.54) is 12.1 Å². The number of carbonyl (C=O) groups excluding carboxylic acids is 2. The van der Waals surface area contributed by atoms with Gasteiger partial charge in [-0.15, -0.1) is 0 Å². The lowest BCUT2D eigenvalue weighted by molar-refractivity contribution is -0.151. The van der Waals surface area contributed by atoms with Gasteiger partial charge in [-0.2, -0.15) is 4.72 Å². The number of nitrogens with one attached hydrogen (secondary N) is 2. The average molecular weight is 477 g/mol. The van der Waals surface area contributed by atoms with Gasteiger partial charge >= 0.3 is 5.97 Å². The van der Waals surface area contributed by atoms with Crippen LogP contribution in [0.25, 0.3) is 0 Å². The first-order chi connectivity index (χ1) is 15.6. The monoisotopic (exact) mass is 476 g/mol. The first-order valence-electron chi connectivity index (χ1n) is 10.9. The predicted octanol–water partition coefficient (Wildman–Crippen LogP) is 2.91. The normalized spacial score (nSPS) is 16.0. The molecule has 0 unspecified atom stereocenters. The van der Waals surface area contributed by atoms with Crippen LogP contribution in [0.5, 0.6) is 0 Å². The molecule has 1 fully saturated rings. The summed E-state index contributed by atoms with van der Waals surface area (Å²) in [6.45, 7) is 3.14. The van der Waals surface area contributed by atoms with E-state index in [-0.39, 0.29) is 5.41 Å². The first-order valence-corrected chi connectivity index (χ1v) is 12.4. The van der Waals surface area contributed by atoms with Crippen LogP contribution in [0.1, 0.15) is 38.7 Å². The SMILES string of the molecule is CC(C)[C@H](NS(=O)(=O)c1ccccc1F)C(=O)OCC(=O)NCC1(c2ccccc2)CCC1. The van der Waals surface area contributed by atoms with Gasteiger partial charge in [-0.05, 0) is 36.5 Å². The molecule has 2 N–H and O–H groups in total. The molecule has 0 radical (unpaired) electrons. The van der Waals surface area contributed by atoms with Crippen molar-refractivity contribution in [3.8, 4) is 0 Å². The highest BCUT2D eigenvalue weighted by Crippen LogP contribution is 2.43. The molecule has 1 saturated carbocycles. The Morgan fingerprint density at radius 2 is 1.70 bits per heavy atom. The van der Waals surface area contributed by atoms with Gasteiger partial charge in [0.25, 0.3) is 5.91 Å². The summed E-state index contributed by atoms with van der Waals surface area (Å²) in [6, 6.07) is 13.6. The van der Waals surface area contributed by atoms with Gasteiger partial charge in [-0.25, -0.2) is 12.8 Å². The van der Waals surface area contributed by atoms with E-state index < -0.39 is 51.2 Å². The summed E-state index contributed by atoms with van der Waals surface area (Å²) < 4.78 is 46.3. The number of rotatable bonds is 10. The van der Waals surface area contributed by atoms with E-state index >= 15 is 0 Å². The van der Waals surface area contributed by atoms with Crippen LogP contribution in [0, 0.1) is 11.7 Å². The smallest absolute Gasteiger partial charge is 0.324 e. The summed E-state index contributed by atoms with van der Waals surface area (Å²) >= 11 is 0. The Morgan fingerprint density at radius 1 is 1.06 bits per heavy atom. The summed E-state index contributed by atoms with van der Waals surface area (Å²) in [5.41, 5.74) is 1.05. The molecule has 0 saturated heterocycles. The first kappa shape index (κ1) is 24.9. The van der Waals surface area contributed by atoms with Gasteiger partial charge in [0.15, 0.2) is 6.61 Å². The summed E-state index contributed by atoms with van der Waals surface area (Å²) in [5, 5.41) is 2.82. The molecule has 1 atom stereocenters. The van der Waals surface area contributed by atoms with Crippen LogP contribution < -0.4 is 10.0 Å². The molecule has 0 heterocycles. The maximum absolute atomic E-state index is 13.9. The van der Waals surface area contributed by atoms with E-state index in [9.17, 15) is 22.4 Å². The van der Waals surface area contributed by atoms with Gasteiger partial charge in [0.2, 0.25) is 10.0 Å². The van der Waals surface area contributed by atoms with E-state index in [1.807, 2.05) is 30.3 Å². The van der Waals surface area contributed by atoms with Crippen LogP contribution in [-0.2, 0) is 29.8 Å². The molecule has 178 valence electrons. The highest BCUT2D eigenvalue weighted by molar-refractivity contribution is 7.89. The number of ether oxygens (including phenoxy) is 1. The lowest BCUT2D eigenvalue weighted by Gasteiger charge is -2.42. The largest absolute Gasteiger partial charge is 0.454 e. The number of benzene rings is 2. The number of halogens is 1. The van der Waals surface area contributed by atoms with Crippen molar-refractivity contribution in [1.29, 1.82) is 0 Å². The Labute approximate surface area is 193 Å². The quantitative estimate of drug-likeness (QED) is 0.514. The molecule has 1 aliphatic rings. The molecule has 1 amide bonds. The molecule has 9 heteroatoms. The third kappa shape index (κ3) is 5.97. The second-order valence-electron chi connectivity index (χ2n) is 8.66. The van der Waals surface area contributed by atoms with Gasteiger partial charge in [-0.1, -0.05) is 62.7 Å². The molecule has 0 aliphatic heterocycles. The molecule has 0 spiro atoms. The van der Waals surface area contributed by atoms with Crippen molar-refractivity contribution in [2.24, 2.45) is 5.92 Å². The Balaban J connectivity index is 1.56. The van der Waals surface area contributed by atoms with Gasteiger partial charge in [-0.3, -0.25) is 9.59 Å². The molecule has 2 aromatic carbocycles. The van der Waals surface area contributed by atoms with Crippen LogP contribution in [0.2, 0.25) is 0 Å². The standard InChI is InChI=1S/C24H29FN2O5S/c1-17(2)22(27-33(30,31)20-12-7-6-11-19(20)25)23(29)32-15-21(28)26-16-24(13-8-14-24)18-9-4-3-5-10-18/h3-7,9-12,17,22,27H,8,13-16H2,1-2H3,(H,26,28)/t22-/m0/s1. The highest BCUT2D eigenvalue weighted by Gasteiger charge is 2.39. The van der Waals surface area contributed by atoms with Crippen molar-refractivity contribution in [2.45, 2.75) is 49.5 Å². The summed E-state index contributed by atoms with van der Waals surface area (Å²) in [6.07, 6.45) is 3.01. The average Bonchev–Trinajstić information content (AvgIpc) is 2.76. The number of carbonyl (C=O) groups is 2. The summed E-state index contributed by atoms with van der Waals surface area (Å²) in [4.78, 5) is 24.3. The molecule has 1 aliphatic carbocycles. The van der Waals surface area contributed by atoms with Crippen molar-refractivity contribution < 1.29 is 27.1 Å².